The topological polar surface area (TPSA) is 83.0 Å². The zero-order valence-corrected chi connectivity index (χ0v) is 16.5. The normalized spacial score (nSPS) is 18.1. The number of anilines is 1. The summed E-state index contributed by atoms with van der Waals surface area (Å²) in [5, 5.41) is 0. The second-order valence-corrected chi connectivity index (χ2v) is 7.15. The lowest BCUT2D eigenvalue weighted by Gasteiger charge is -2.33. The number of methoxy groups -OCH3 is 1. The number of piperazine rings is 1. The highest BCUT2D eigenvalue weighted by atomic mass is 16.6. The van der Waals surface area contributed by atoms with Crippen LogP contribution < -0.4 is 9.64 Å². The summed E-state index contributed by atoms with van der Waals surface area (Å²) in [6, 6.07) is 15.3. The summed E-state index contributed by atoms with van der Waals surface area (Å²) < 4.78 is 10.6. The Hall–Kier alpha value is -3.81. The number of nitrogens with one attached hydrogen (secondary N) is 1. The van der Waals surface area contributed by atoms with Gasteiger partial charge in [0.2, 0.25) is 11.8 Å². The zero-order chi connectivity index (χ0) is 20.5. The van der Waals surface area contributed by atoms with Crippen molar-refractivity contribution in [3.05, 3.63) is 66.0 Å². The van der Waals surface area contributed by atoms with Crippen LogP contribution in [0, 0.1) is 0 Å². The van der Waals surface area contributed by atoms with Crippen molar-refractivity contribution in [2.24, 2.45) is 4.99 Å². The second kappa shape index (κ2) is 7.55. The molecule has 1 aromatic heterocycles. The maximum atomic E-state index is 12.3. The van der Waals surface area contributed by atoms with E-state index in [0.717, 1.165) is 43.2 Å². The van der Waals surface area contributed by atoms with E-state index in [9.17, 15) is 4.79 Å². The van der Waals surface area contributed by atoms with Gasteiger partial charge in [-0.1, -0.05) is 18.2 Å². The van der Waals surface area contributed by atoms with E-state index < -0.39 is 5.97 Å². The Labute approximate surface area is 173 Å². The molecule has 0 radical (unpaired) electrons. The standard InChI is InChI=1S/C22H21N5O3/c1-29-16-6-4-5-15(13-16)20-23-19(21(28)30-20)14-26-9-11-27(12-10-26)22-24-17-7-2-3-8-18(17)25-22/h2-8,13-14H,9-12H2,1H3,(H,24,25). The van der Waals surface area contributed by atoms with Crippen molar-refractivity contribution < 1.29 is 14.3 Å². The summed E-state index contributed by atoms with van der Waals surface area (Å²) >= 11 is 0. The van der Waals surface area contributed by atoms with Gasteiger partial charge in [-0.2, -0.15) is 0 Å². The molecular weight excluding hydrogens is 382 g/mol. The number of benzene rings is 2. The molecule has 3 aromatic rings. The average molecular weight is 403 g/mol. The SMILES string of the molecule is COc1cccc(C2=NC(=CN3CCN(c4nc5ccccc5[nH]4)CC3)C(=O)O2)c1. The maximum absolute atomic E-state index is 12.3. The fourth-order valence-corrected chi connectivity index (χ4v) is 3.60. The lowest BCUT2D eigenvalue weighted by Crippen LogP contribution is -2.44. The van der Waals surface area contributed by atoms with Crippen molar-refractivity contribution >= 4 is 28.8 Å². The number of carbonyl (C=O) groups excluding carboxylic acids is 1. The van der Waals surface area contributed by atoms with Crippen molar-refractivity contribution in [1.29, 1.82) is 0 Å². The van der Waals surface area contributed by atoms with Gasteiger partial charge in [0.1, 0.15) is 5.75 Å². The van der Waals surface area contributed by atoms with Crippen LogP contribution in [0.5, 0.6) is 5.75 Å². The highest BCUT2D eigenvalue weighted by Gasteiger charge is 2.26. The molecule has 0 amide bonds. The van der Waals surface area contributed by atoms with E-state index in [1.54, 1.807) is 19.4 Å². The molecule has 2 aliphatic heterocycles. The van der Waals surface area contributed by atoms with Gasteiger partial charge in [-0.3, -0.25) is 0 Å². The largest absolute Gasteiger partial charge is 0.497 e. The number of ether oxygens (including phenoxy) is 2. The zero-order valence-electron chi connectivity index (χ0n) is 16.5. The van der Waals surface area contributed by atoms with Gasteiger partial charge in [-0.25, -0.2) is 14.8 Å². The van der Waals surface area contributed by atoms with Gasteiger partial charge >= 0.3 is 5.97 Å². The molecule has 1 N–H and O–H groups in total. The number of esters is 1. The molecule has 0 bridgehead atoms. The van der Waals surface area contributed by atoms with Crippen LogP contribution in [0.25, 0.3) is 11.0 Å². The van der Waals surface area contributed by atoms with Crippen molar-refractivity contribution in [3.8, 4) is 5.75 Å². The Morgan fingerprint density at radius 3 is 2.73 bits per heavy atom. The number of carbonyl (C=O) groups is 1. The number of cyclic esters (lactones) is 1. The van der Waals surface area contributed by atoms with E-state index in [2.05, 4.69) is 24.8 Å². The van der Waals surface area contributed by atoms with E-state index in [1.165, 1.54) is 0 Å². The number of hydrogen-bond acceptors (Lipinski definition) is 7. The molecule has 3 heterocycles. The van der Waals surface area contributed by atoms with Crippen LogP contribution in [-0.2, 0) is 9.53 Å². The molecule has 8 nitrogen and oxygen atoms in total. The van der Waals surface area contributed by atoms with Crippen LogP contribution in [0.1, 0.15) is 5.56 Å². The summed E-state index contributed by atoms with van der Waals surface area (Å²) in [4.78, 5) is 29.0. The first-order valence-corrected chi connectivity index (χ1v) is 9.80. The van der Waals surface area contributed by atoms with Crippen LogP contribution in [0.3, 0.4) is 0 Å². The van der Waals surface area contributed by atoms with E-state index >= 15 is 0 Å². The molecule has 2 aliphatic rings. The number of aromatic nitrogens is 2. The summed E-state index contributed by atoms with van der Waals surface area (Å²) in [6.45, 7) is 3.12. The van der Waals surface area contributed by atoms with Gasteiger partial charge in [0.15, 0.2) is 5.70 Å². The molecule has 0 atom stereocenters. The molecule has 0 spiro atoms. The Bertz CT molecular complexity index is 1130. The quantitative estimate of drug-likeness (QED) is 0.533. The number of para-hydroxylation sites is 2. The predicted molar refractivity (Wildman–Crippen MR) is 114 cm³/mol. The molecule has 152 valence electrons. The highest BCUT2D eigenvalue weighted by Crippen LogP contribution is 2.22. The van der Waals surface area contributed by atoms with E-state index in [1.807, 2.05) is 42.5 Å². The Kier molecular flexibility index (Phi) is 4.59. The first-order chi connectivity index (χ1) is 14.7. The molecule has 0 aliphatic carbocycles. The first-order valence-electron chi connectivity index (χ1n) is 9.80. The third-order valence-electron chi connectivity index (χ3n) is 5.23. The molecule has 8 heteroatoms. The number of nitrogens with zero attached hydrogens (tertiary/aromatic N) is 4. The number of aliphatic imine (C=N–C) groups is 1. The third kappa shape index (κ3) is 3.47. The van der Waals surface area contributed by atoms with Crippen LogP contribution in [0.2, 0.25) is 0 Å². The lowest BCUT2D eigenvalue weighted by atomic mass is 10.2. The predicted octanol–water partition coefficient (Wildman–Crippen LogP) is 2.54. The lowest BCUT2D eigenvalue weighted by molar-refractivity contribution is -0.130. The molecular formula is C22H21N5O3. The number of fused-ring (bicyclic) bond motifs is 1. The summed E-state index contributed by atoms with van der Waals surface area (Å²) in [5.74, 6) is 1.42. The molecule has 1 saturated heterocycles. The van der Waals surface area contributed by atoms with Crippen LogP contribution in [0.4, 0.5) is 5.95 Å². The molecule has 5 rings (SSSR count). The average Bonchev–Trinajstić information content (AvgIpc) is 3.38. The fourth-order valence-electron chi connectivity index (χ4n) is 3.60. The van der Waals surface area contributed by atoms with Gasteiger partial charge in [0, 0.05) is 37.9 Å². The molecule has 30 heavy (non-hydrogen) atoms. The maximum Gasteiger partial charge on any atom is 0.365 e. The van der Waals surface area contributed by atoms with Gasteiger partial charge in [-0.15, -0.1) is 0 Å². The van der Waals surface area contributed by atoms with Gasteiger partial charge in [-0.05, 0) is 30.3 Å². The monoisotopic (exact) mass is 403 g/mol. The number of rotatable bonds is 4. The molecule has 0 saturated carbocycles. The van der Waals surface area contributed by atoms with Gasteiger partial charge in [0.05, 0.1) is 18.1 Å². The summed E-state index contributed by atoms with van der Waals surface area (Å²) in [5.41, 5.74) is 3.01. The van der Waals surface area contributed by atoms with Crippen molar-refractivity contribution in [1.82, 2.24) is 14.9 Å². The van der Waals surface area contributed by atoms with Crippen LogP contribution in [-0.4, -0.2) is 60.0 Å². The number of aromatic amines is 1. The van der Waals surface area contributed by atoms with Crippen LogP contribution >= 0.6 is 0 Å². The minimum atomic E-state index is -0.437. The number of hydrogen-bond donors (Lipinski definition) is 1. The van der Waals surface area contributed by atoms with Crippen LogP contribution in [0.15, 0.2) is 65.4 Å². The van der Waals surface area contributed by atoms with E-state index in [0.29, 0.717) is 22.9 Å². The van der Waals surface area contributed by atoms with Crippen molar-refractivity contribution in [3.63, 3.8) is 0 Å². The summed E-state index contributed by atoms with van der Waals surface area (Å²) in [6.07, 6.45) is 1.78. The fraction of sp³-hybridized carbons (Fsp3) is 0.227. The highest BCUT2D eigenvalue weighted by molar-refractivity contribution is 6.11. The van der Waals surface area contributed by atoms with E-state index in [4.69, 9.17) is 9.47 Å². The second-order valence-electron chi connectivity index (χ2n) is 7.15. The Morgan fingerprint density at radius 1 is 1.10 bits per heavy atom. The number of H-pyrrole nitrogens is 1. The molecule has 0 unspecified atom stereocenters. The minimum Gasteiger partial charge on any atom is -0.497 e. The van der Waals surface area contributed by atoms with E-state index in [-0.39, 0.29) is 0 Å². The Balaban J connectivity index is 1.28. The van der Waals surface area contributed by atoms with Gasteiger partial charge in [0.25, 0.3) is 0 Å². The first kappa shape index (κ1) is 18.2. The summed E-state index contributed by atoms with van der Waals surface area (Å²) in [7, 11) is 1.60. The van der Waals surface area contributed by atoms with Gasteiger partial charge < -0.3 is 24.3 Å². The molecule has 1 fully saturated rings. The number of imidazole rings is 1. The minimum absolute atomic E-state index is 0.297. The Morgan fingerprint density at radius 2 is 1.93 bits per heavy atom. The van der Waals surface area contributed by atoms with Crippen molar-refractivity contribution in [2.75, 3.05) is 38.2 Å². The molecule has 2 aromatic carbocycles. The smallest absolute Gasteiger partial charge is 0.365 e. The van der Waals surface area contributed by atoms with Crippen molar-refractivity contribution in [2.45, 2.75) is 0 Å². The third-order valence-corrected chi connectivity index (χ3v) is 5.23.